The molecular weight excluding hydrogens is 577 g/mol. The van der Waals surface area contributed by atoms with E-state index in [1.807, 2.05) is 21.2 Å². The number of aryl methyl sites for hydroxylation is 1. The molecule has 0 saturated carbocycles. The van der Waals surface area contributed by atoms with Crippen LogP contribution in [0.25, 0.3) is 0 Å². The van der Waals surface area contributed by atoms with E-state index in [0.29, 0.717) is 63.8 Å². The number of benzene rings is 1. The van der Waals surface area contributed by atoms with Crippen molar-refractivity contribution in [2.75, 3.05) is 39.6 Å². The Hall–Kier alpha value is -1.54. The second-order valence-corrected chi connectivity index (χ2v) is 8.75. The third-order valence-corrected chi connectivity index (χ3v) is 5.91. The van der Waals surface area contributed by atoms with Crippen LogP contribution < -0.4 is 4.74 Å². The number of halogens is 1. The lowest BCUT2D eigenvalue weighted by atomic mass is 10.0. The van der Waals surface area contributed by atoms with Crippen LogP contribution in [0.3, 0.4) is 0 Å². The molecule has 0 heterocycles. The quantitative estimate of drug-likeness (QED) is 0.100. The van der Waals surface area contributed by atoms with E-state index >= 15 is 0 Å². The number of rotatable bonds is 19. The van der Waals surface area contributed by atoms with E-state index < -0.39 is 11.9 Å². The molecule has 0 fully saturated rings. The summed E-state index contributed by atoms with van der Waals surface area (Å²) < 4.78 is 21.5. The fourth-order valence-corrected chi connectivity index (χ4v) is 3.72. The molecule has 1 unspecified atom stereocenters. The zero-order valence-electron chi connectivity index (χ0n) is 19.8. The van der Waals surface area contributed by atoms with E-state index in [2.05, 4.69) is 0 Å². The molecule has 0 aliphatic rings. The van der Waals surface area contributed by atoms with Crippen LogP contribution in [0.2, 0.25) is 0 Å². The average Bonchev–Trinajstić information content (AvgIpc) is 2.82. The van der Waals surface area contributed by atoms with Gasteiger partial charge >= 0.3 is 0 Å². The van der Waals surface area contributed by atoms with Crippen LogP contribution in [0.1, 0.15) is 49.0 Å². The molecule has 0 bridgehead atoms. The highest BCUT2D eigenvalue weighted by Crippen LogP contribution is 2.20. The van der Waals surface area contributed by atoms with Crippen molar-refractivity contribution in [3.05, 3.63) is 29.3 Å². The van der Waals surface area contributed by atoms with E-state index in [9.17, 15) is 19.2 Å². The van der Waals surface area contributed by atoms with Crippen molar-refractivity contribution in [3.8, 4) is 5.75 Å². The topological polar surface area (TPSA) is 108 Å². The van der Waals surface area contributed by atoms with Crippen molar-refractivity contribution >= 4 is 54.3 Å². The number of carbonyl (C=O) groups excluding carboxylic acids is 4. The van der Waals surface area contributed by atoms with Crippen molar-refractivity contribution in [2.24, 2.45) is 0 Å². The Morgan fingerprint density at radius 1 is 1.09 bits per heavy atom. The van der Waals surface area contributed by atoms with Gasteiger partial charge in [0.1, 0.15) is 18.1 Å². The number of imide groups is 1. The normalized spacial score (nSPS) is 11.6. The van der Waals surface area contributed by atoms with Crippen LogP contribution >= 0.6 is 30.4 Å². The fourth-order valence-electron chi connectivity index (χ4n) is 3.05. The van der Waals surface area contributed by atoms with Gasteiger partial charge in [0, 0.05) is 39.6 Å². The number of hydrogen-bond donors (Lipinski definition) is 0. The summed E-state index contributed by atoms with van der Waals surface area (Å²) in [7, 11) is 1.27. The lowest BCUT2D eigenvalue weighted by Gasteiger charge is -2.25. The maximum absolute atomic E-state index is 13.0. The highest BCUT2D eigenvalue weighted by atomic mass is 127. The van der Waals surface area contributed by atoms with Gasteiger partial charge in [-0.15, -0.1) is 0 Å². The SMILES string of the molecule is CCC(=O)CCC(C(C)=O)N(C=O)C(=O)c1ccc(OCCOCCOCCOSI)cc1C. The highest BCUT2D eigenvalue weighted by molar-refractivity contribution is 14.2. The average molecular weight is 609 g/mol. The predicted octanol–water partition coefficient (Wildman–Crippen LogP) is 3.74. The molecule has 1 aromatic rings. The Balaban J connectivity index is 2.58. The summed E-state index contributed by atoms with van der Waals surface area (Å²) in [6, 6.07) is 3.90. The summed E-state index contributed by atoms with van der Waals surface area (Å²) >= 11 is 2.04. The smallest absolute Gasteiger partial charge is 0.261 e. The van der Waals surface area contributed by atoms with Crippen LogP contribution in [0.15, 0.2) is 18.2 Å². The van der Waals surface area contributed by atoms with E-state index in [0.717, 1.165) is 4.90 Å². The molecule has 11 heteroatoms. The summed E-state index contributed by atoms with van der Waals surface area (Å²) in [5.41, 5.74) is 0.883. The third kappa shape index (κ3) is 11.3. The summed E-state index contributed by atoms with van der Waals surface area (Å²) in [6.07, 6.45) is 0.936. The molecule has 0 aliphatic carbocycles. The van der Waals surface area contributed by atoms with Gasteiger partial charge in [-0.25, -0.2) is 0 Å². The maximum atomic E-state index is 13.0. The van der Waals surface area contributed by atoms with Crippen molar-refractivity contribution in [2.45, 2.75) is 46.1 Å². The van der Waals surface area contributed by atoms with Gasteiger partial charge in [-0.1, -0.05) is 6.92 Å². The van der Waals surface area contributed by atoms with Crippen LogP contribution in [-0.2, 0) is 28.0 Å². The van der Waals surface area contributed by atoms with Crippen LogP contribution in [0, 0.1) is 6.92 Å². The first kappa shape index (κ1) is 30.5. The van der Waals surface area contributed by atoms with E-state index in [4.69, 9.17) is 18.4 Å². The monoisotopic (exact) mass is 609 g/mol. The first-order chi connectivity index (χ1) is 16.3. The predicted molar refractivity (Wildman–Crippen MR) is 137 cm³/mol. The van der Waals surface area contributed by atoms with Gasteiger partial charge in [0.25, 0.3) is 5.91 Å². The molecule has 1 rings (SSSR count). The van der Waals surface area contributed by atoms with Crippen LogP contribution in [0.4, 0.5) is 0 Å². The Morgan fingerprint density at radius 2 is 1.74 bits per heavy atom. The number of ketones is 2. The standard InChI is InChI=1S/C23H32INO8S/c1-4-19(28)5-8-22(18(3)27)25(16-26)23(29)21-7-6-20(15-17(21)2)32-13-11-30-9-10-31-12-14-33-34-24/h6-7,15-16,22H,4-5,8-14H2,1-3H3. The molecular formula is C23H32INO8S. The Bertz CT molecular complexity index is 807. The molecule has 9 nitrogen and oxygen atoms in total. The zero-order chi connectivity index (χ0) is 25.3. The molecule has 1 atom stereocenters. The number of amides is 2. The van der Waals surface area contributed by atoms with Crippen LogP contribution in [-0.4, -0.2) is 74.5 Å². The molecule has 1 aromatic carbocycles. The number of nitrogens with zero attached hydrogens (tertiary/aromatic N) is 1. The molecule has 0 N–H and O–H groups in total. The second kappa shape index (κ2) is 17.8. The summed E-state index contributed by atoms with van der Waals surface area (Å²) in [4.78, 5) is 49.3. The largest absolute Gasteiger partial charge is 0.491 e. The first-order valence-electron chi connectivity index (χ1n) is 10.9. The van der Waals surface area contributed by atoms with Crippen molar-refractivity contribution in [3.63, 3.8) is 0 Å². The van der Waals surface area contributed by atoms with Crippen molar-refractivity contribution in [1.29, 1.82) is 0 Å². The molecule has 0 saturated heterocycles. The first-order valence-corrected chi connectivity index (χ1v) is 14.2. The fraction of sp³-hybridized carbons (Fsp3) is 0.565. The molecule has 0 aromatic heterocycles. The number of ether oxygens (including phenoxy) is 3. The summed E-state index contributed by atoms with van der Waals surface area (Å²) in [5, 5.41) is 0. The Kier molecular flexibility index (Phi) is 16.0. The lowest BCUT2D eigenvalue weighted by Crippen LogP contribution is -2.44. The molecule has 2 amide bonds. The van der Waals surface area contributed by atoms with Gasteiger partial charge in [-0.3, -0.25) is 24.1 Å². The number of carbonyl (C=O) groups is 4. The molecule has 0 aliphatic heterocycles. The van der Waals surface area contributed by atoms with Gasteiger partial charge in [0.15, 0.2) is 5.78 Å². The van der Waals surface area contributed by atoms with Gasteiger partial charge in [-0.2, -0.15) is 0 Å². The van der Waals surface area contributed by atoms with E-state index in [1.165, 1.54) is 16.1 Å². The summed E-state index contributed by atoms with van der Waals surface area (Å²) in [6.45, 7) is 7.38. The molecule has 0 spiro atoms. The van der Waals surface area contributed by atoms with Gasteiger partial charge in [-0.05, 0) is 44.0 Å². The second-order valence-electron chi connectivity index (χ2n) is 7.31. The number of hydrogen-bond acceptors (Lipinski definition) is 9. The summed E-state index contributed by atoms with van der Waals surface area (Å²) in [5.74, 6) is -0.412. The van der Waals surface area contributed by atoms with Gasteiger partial charge in [0.2, 0.25) is 6.41 Å². The zero-order valence-corrected chi connectivity index (χ0v) is 22.7. The van der Waals surface area contributed by atoms with Crippen molar-refractivity contribution < 1.29 is 37.6 Å². The third-order valence-electron chi connectivity index (χ3n) is 4.90. The van der Waals surface area contributed by atoms with Crippen LogP contribution in [0.5, 0.6) is 5.75 Å². The molecule has 190 valence electrons. The van der Waals surface area contributed by atoms with E-state index in [1.54, 1.807) is 32.0 Å². The minimum atomic E-state index is -0.977. The van der Waals surface area contributed by atoms with Gasteiger partial charge < -0.3 is 18.4 Å². The molecule has 0 radical (unpaired) electrons. The Morgan fingerprint density at radius 3 is 2.29 bits per heavy atom. The maximum Gasteiger partial charge on any atom is 0.261 e. The molecule has 34 heavy (non-hydrogen) atoms. The minimum absolute atomic E-state index is 0.0285. The number of Topliss-reactive ketones (excluding diaryl/α,β-unsaturated/α-hetero) is 2. The lowest BCUT2D eigenvalue weighted by molar-refractivity contribution is -0.129. The Labute approximate surface area is 217 Å². The minimum Gasteiger partial charge on any atom is -0.491 e. The van der Waals surface area contributed by atoms with Crippen molar-refractivity contribution in [1.82, 2.24) is 4.90 Å². The van der Waals surface area contributed by atoms with Gasteiger partial charge in [0.05, 0.1) is 48.3 Å². The highest BCUT2D eigenvalue weighted by Gasteiger charge is 2.29. The van der Waals surface area contributed by atoms with E-state index in [-0.39, 0.29) is 30.0 Å².